The molecule has 0 aliphatic rings. The summed E-state index contributed by atoms with van der Waals surface area (Å²) in [6, 6.07) is 12.0. The molecule has 2 aromatic rings. The molecule has 2 rings (SSSR count). The molecule has 2 amide bonds. The van der Waals surface area contributed by atoms with Crippen LogP contribution < -0.4 is 9.62 Å². The fraction of sp³-hybridized carbons (Fsp3) is 0.462. The van der Waals surface area contributed by atoms with E-state index in [1.807, 2.05) is 45.0 Å². The van der Waals surface area contributed by atoms with Gasteiger partial charge in [0.2, 0.25) is 21.8 Å². The van der Waals surface area contributed by atoms with E-state index in [0.29, 0.717) is 10.7 Å². The number of rotatable bonds is 12. The molecular weight excluding hydrogens is 566 g/mol. The van der Waals surface area contributed by atoms with Crippen LogP contribution in [-0.4, -0.2) is 50.0 Å². The number of hydrogen-bond acceptors (Lipinski definition) is 4. The first-order valence-electron chi connectivity index (χ1n) is 11.9. The predicted octanol–water partition coefficient (Wildman–Crippen LogP) is 5.29. The van der Waals surface area contributed by atoms with Crippen LogP contribution in [0.1, 0.15) is 51.2 Å². The number of carbonyl (C=O) groups excluding carboxylic acids is 2. The Morgan fingerprint density at radius 2 is 1.75 bits per heavy atom. The minimum atomic E-state index is -3.59. The normalized spacial score (nSPS) is 13.1. The molecule has 0 saturated heterocycles. The molecule has 0 bridgehead atoms. The zero-order chi connectivity index (χ0) is 27.0. The minimum Gasteiger partial charge on any atom is -0.352 e. The van der Waals surface area contributed by atoms with Crippen molar-refractivity contribution in [2.24, 2.45) is 0 Å². The van der Waals surface area contributed by atoms with E-state index < -0.39 is 16.1 Å². The van der Waals surface area contributed by atoms with E-state index in [2.05, 4.69) is 21.2 Å². The SMILES string of the molecule is CC[C@@H](C)NC(=O)[C@H](C)N(Cc1ccc(Br)cc1)C(=O)CCCN(c1cc(Cl)ccc1C)S(C)(=O)=O. The minimum absolute atomic E-state index is 0.00571. The maximum absolute atomic E-state index is 13.4. The molecule has 36 heavy (non-hydrogen) atoms. The van der Waals surface area contributed by atoms with Gasteiger partial charge in [-0.2, -0.15) is 0 Å². The molecule has 0 radical (unpaired) electrons. The van der Waals surface area contributed by atoms with E-state index >= 15 is 0 Å². The van der Waals surface area contributed by atoms with Crippen LogP contribution in [0.3, 0.4) is 0 Å². The molecule has 0 heterocycles. The van der Waals surface area contributed by atoms with E-state index in [1.54, 1.807) is 30.0 Å². The second-order valence-electron chi connectivity index (χ2n) is 9.01. The second kappa shape index (κ2) is 13.4. The summed E-state index contributed by atoms with van der Waals surface area (Å²) in [6.45, 7) is 7.81. The lowest BCUT2D eigenvalue weighted by Gasteiger charge is -2.30. The molecule has 10 heteroatoms. The van der Waals surface area contributed by atoms with Crippen LogP contribution in [0.25, 0.3) is 0 Å². The Morgan fingerprint density at radius 3 is 2.33 bits per heavy atom. The Bertz CT molecular complexity index is 1160. The summed E-state index contributed by atoms with van der Waals surface area (Å²) in [6.07, 6.45) is 2.29. The van der Waals surface area contributed by atoms with E-state index in [0.717, 1.165) is 28.3 Å². The number of halogens is 2. The van der Waals surface area contributed by atoms with Crippen molar-refractivity contribution in [3.05, 3.63) is 63.1 Å². The van der Waals surface area contributed by atoms with Crippen LogP contribution >= 0.6 is 27.5 Å². The average Bonchev–Trinajstić information content (AvgIpc) is 2.81. The summed E-state index contributed by atoms with van der Waals surface area (Å²) in [5, 5.41) is 3.38. The molecule has 2 aromatic carbocycles. The summed E-state index contributed by atoms with van der Waals surface area (Å²) in [7, 11) is -3.59. The van der Waals surface area contributed by atoms with Gasteiger partial charge in [0.15, 0.2) is 0 Å². The molecule has 2 atom stereocenters. The molecule has 0 saturated carbocycles. The topological polar surface area (TPSA) is 86.8 Å². The van der Waals surface area contributed by atoms with E-state index in [9.17, 15) is 18.0 Å². The molecule has 0 aliphatic heterocycles. The zero-order valence-electron chi connectivity index (χ0n) is 21.4. The largest absolute Gasteiger partial charge is 0.352 e. The van der Waals surface area contributed by atoms with Crippen molar-refractivity contribution in [3.8, 4) is 0 Å². The van der Waals surface area contributed by atoms with E-state index in [-0.39, 0.29) is 43.8 Å². The monoisotopic (exact) mass is 599 g/mol. The molecule has 7 nitrogen and oxygen atoms in total. The molecule has 0 unspecified atom stereocenters. The number of aryl methyl sites for hydroxylation is 1. The number of sulfonamides is 1. The van der Waals surface area contributed by atoms with Gasteiger partial charge in [0.05, 0.1) is 11.9 Å². The fourth-order valence-corrected chi connectivity index (χ4v) is 5.11. The van der Waals surface area contributed by atoms with Gasteiger partial charge in [-0.1, -0.05) is 52.7 Å². The van der Waals surface area contributed by atoms with Gasteiger partial charge in [-0.25, -0.2) is 8.42 Å². The van der Waals surface area contributed by atoms with E-state index in [4.69, 9.17) is 11.6 Å². The van der Waals surface area contributed by atoms with Gasteiger partial charge in [-0.15, -0.1) is 0 Å². The highest BCUT2D eigenvalue weighted by Gasteiger charge is 2.27. The first-order chi connectivity index (χ1) is 16.8. The highest BCUT2D eigenvalue weighted by atomic mass is 79.9. The standard InChI is InChI=1S/C26H35BrClN3O4S/c1-6-19(3)29-26(33)20(4)30(17-21-10-12-22(27)13-11-21)25(32)8-7-15-31(36(5,34)35)24-16-23(28)14-9-18(24)2/h9-14,16,19-20H,6-8,15,17H2,1-5H3,(H,29,33)/t19-,20+/m1/s1. The summed E-state index contributed by atoms with van der Waals surface area (Å²) in [4.78, 5) is 27.8. The lowest BCUT2D eigenvalue weighted by molar-refractivity contribution is -0.140. The van der Waals surface area contributed by atoms with Crippen LogP contribution in [-0.2, 0) is 26.2 Å². The molecule has 0 fully saturated rings. The maximum atomic E-state index is 13.4. The summed E-state index contributed by atoms with van der Waals surface area (Å²) in [5.41, 5.74) is 2.15. The second-order valence-corrected chi connectivity index (χ2v) is 12.3. The summed E-state index contributed by atoms with van der Waals surface area (Å²) < 4.78 is 27.3. The number of anilines is 1. The average molecular weight is 601 g/mol. The third kappa shape index (κ3) is 8.78. The Labute approximate surface area is 228 Å². The highest BCUT2D eigenvalue weighted by Crippen LogP contribution is 2.27. The lowest BCUT2D eigenvalue weighted by atomic mass is 10.1. The Morgan fingerprint density at radius 1 is 1.11 bits per heavy atom. The molecule has 0 aromatic heterocycles. The molecule has 0 aliphatic carbocycles. The highest BCUT2D eigenvalue weighted by molar-refractivity contribution is 9.10. The number of hydrogen-bond donors (Lipinski definition) is 1. The smallest absolute Gasteiger partial charge is 0.242 e. The number of nitrogens with one attached hydrogen (secondary N) is 1. The third-order valence-electron chi connectivity index (χ3n) is 6.03. The number of carbonyl (C=O) groups is 2. The molecule has 0 spiro atoms. The Hall–Kier alpha value is -2.10. The molecule has 1 N–H and O–H groups in total. The Balaban J connectivity index is 2.20. The van der Waals surface area contributed by atoms with Crippen LogP contribution in [0.15, 0.2) is 46.9 Å². The van der Waals surface area contributed by atoms with Crippen molar-refractivity contribution in [3.63, 3.8) is 0 Å². The van der Waals surface area contributed by atoms with Crippen molar-refractivity contribution in [1.29, 1.82) is 0 Å². The fourth-order valence-electron chi connectivity index (χ4n) is 3.67. The predicted molar refractivity (Wildman–Crippen MR) is 150 cm³/mol. The van der Waals surface area contributed by atoms with Crippen molar-refractivity contribution < 1.29 is 18.0 Å². The van der Waals surface area contributed by atoms with Gasteiger partial charge >= 0.3 is 0 Å². The summed E-state index contributed by atoms with van der Waals surface area (Å²) >= 11 is 9.53. The first kappa shape index (κ1) is 30.1. The van der Waals surface area contributed by atoms with Gasteiger partial charge < -0.3 is 10.2 Å². The van der Waals surface area contributed by atoms with Gasteiger partial charge in [0.1, 0.15) is 6.04 Å². The van der Waals surface area contributed by atoms with Crippen LogP contribution in [0, 0.1) is 6.92 Å². The summed E-state index contributed by atoms with van der Waals surface area (Å²) in [5.74, 6) is -0.442. The van der Waals surface area contributed by atoms with Crippen LogP contribution in [0.4, 0.5) is 5.69 Å². The van der Waals surface area contributed by atoms with Crippen molar-refractivity contribution in [2.45, 2.75) is 65.6 Å². The molecule has 198 valence electrons. The van der Waals surface area contributed by atoms with Crippen LogP contribution in [0.2, 0.25) is 5.02 Å². The van der Waals surface area contributed by atoms with Crippen LogP contribution in [0.5, 0.6) is 0 Å². The quantitative estimate of drug-likeness (QED) is 0.359. The number of benzene rings is 2. The van der Waals surface area contributed by atoms with Gasteiger partial charge in [0.25, 0.3) is 0 Å². The Kier molecular flexibility index (Phi) is 11.3. The first-order valence-corrected chi connectivity index (χ1v) is 14.9. The van der Waals surface area contributed by atoms with Crippen molar-refractivity contribution in [2.75, 3.05) is 17.1 Å². The van der Waals surface area contributed by atoms with Crippen molar-refractivity contribution in [1.82, 2.24) is 10.2 Å². The van der Waals surface area contributed by atoms with E-state index in [1.165, 1.54) is 4.31 Å². The zero-order valence-corrected chi connectivity index (χ0v) is 24.6. The maximum Gasteiger partial charge on any atom is 0.242 e. The van der Waals surface area contributed by atoms with Gasteiger partial charge in [0, 0.05) is 35.0 Å². The van der Waals surface area contributed by atoms with Gasteiger partial charge in [-0.3, -0.25) is 13.9 Å². The lowest BCUT2D eigenvalue weighted by Crippen LogP contribution is -2.49. The third-order valence-corrected chi connectivity index (χ3v) is 7.97. The number of amides is 2. The van der Waals surface area contributed by atoms with Crippen molar-refractivity contribution >= 4 is 55.1 Å². The van der Waals surface area contributed by atoms with Gasteiger partial charge in [-0.05, 0) is 69.0 Å². The number of nitrogens with zero attached hydrogens (tertiary/aromatic N) is 2. The molecular formula is C26H35BrClN3O4S.